The first-order chi connectivity index (χ1) is 6.14. The van der Waals surface area contributed by atoms with E-state index in [-0.39, 0.29) is 4.70 Å². The SMILES string of the molecule is C=CC[N+](C)(C)Cc1ccccc1.[F-]. The lowest BCUT2D eigenvalue weighted by atomic mass is 10.2. The maximum Gasteiger partial charge on any atom is 0.104 e. The third-order valence-electron chi connectivity index (χ3n) is 2.08. The van der Waals surface area contributed by atoms with Crippen molar-refractivity contribution in [3.05, 3.63) is 48.6 Å². The van der Waals surface area contributed by atoms with E-state index < -0.39 is 0 Å². The first kappa shape index (κ1) is 12.8. The summed E-state index contributed by atoms with van der Waals surface area (Å²) in [6, 6.07) is 10.6. The Kier molecular flexibility index (Phi) is 5.10. The first-order valence-corrected chi connectivity index (χ1v) is 4.61. The van der Waals surface area contributed by atoms with Crippen LogP contribution in [0.15, 0.2) is 43.0 Å². The summed E-state index contributed by atoms with van der Waals surface area (Å²) in [5.41, 5.74) is 1.38. The van der Waals surface area contributed by atoms with Crippen LogP contribution < -0.4 is 4.70 Å². The normalized spacial score (nSPS) is 10.4. The molecule has 0 aliphatic heterocycles. The number of benzene rings is 1. The number of hydrogen-bond donors (Lipinski definition) is 0. The largest absolute Gasteiger partial charge is 1.00 e. The lowest BCUT2D eigenvalue weighted by Crippen LogP contribution is -3.00. The van der Waals surface area contributed by atoms with Crippen molar-refractivity contribution in [3.63, 3.8) is 0 Å². The summed E-state index contributed by atoms with van der Waals surface area (Å²) in [5.74, 6) is 0. The summed E-state index contributed by atoms with van der Waals surface area (Å²) >= 11 is 0. The zero-order chi connectivity index (χ0) is 9.73. The molecule has 0 saturated heterocycles. The van der Waals surface area contributed by atoms with Gasteiger partial charge in [0.25, 0.3) is 0 Å². The van der Waals surface area contributed by atoms with Crippen LogP contribution in [-0.2, 0) is 6.54 Å². The molecule has 0 aliphatic carbocycles. The Bertz CT molecular complexity index is 267. The van der Waals surface area contributed by atoms with Gasteiger partial charge in [-0.1, -0.05) is 36.9 Å². The minimum atomic E-state index is 0. The van der Waals surface area contributed by atoms with Crippen molar-refractivity contribution in [2.75, 3.05) is 20.6 Å². The van der Waals surface area contributed by atoms with Gasteiger partial charge in [-0.25, -0.2) is 0 Å². The molecule has 0 unspecified atom stereocenters. The maximum absolute atomic E-state index is 3.77. The maximum atomic E-state index is 3.77. The van der Waals surface area contributed by atoms with Crippen LogP contribution >= 0.6 is 0 Å². The Morgan fingerprint density at radius 3 is 2.29 bits per heavy atom. The fourth-order valence-corrected chi connectivity index (χ4v) is 1.49. The summed E-state index contributed by atoms with van der Waals surface area (Å²) in [6.45, 7) is 5.84. The molecule has 1 rings (SSSR count). The monoisotopic (exact) mass is 195 g/mol. The van der Waals surface area contributed by atoms with Crippen molar-refractivity contribution in [2.45, 2.75) is 6.54 Å². The van der Waals surface area contributed by atoms with Gasteiger partial charge < -0.3 is 9.19 Å². The van der Waals surface area contributed by atoms with Gasteiger partial charge in [-0.3, -0.25) is 0 Å². The fourth-order valence-electron chi connectivity index (χ4n) is 1.49. The molecule has 1 aromatic rings. The van der Waals surface area contributed by atoms with Gasteiger partial charge in [0, 0.05) is 5.56 Å². The van der Waals surface area contributed by atoms with Crippen molar-refractivity contribution in [1.29, 1.82) is 0 Å². The molecule has 0 spiro atoms. The number of quaternary nitrogens is 1. The molecule has 0 amide bonds. The topological polar surface area (TPSA) is 0 Å². The second-order valence-corrected chi connectivity index (χ2v) is 4.05. The number of likely N-dealkylation sites (N-methyl/N-ethyl adjacent to an activating group) is 1. The standard InChI is InChI=1S/C12H18N.FH/c1-4-10-13(2,3)11-12-8-6-5-7-9-12;/h4-9H,1,10-11H2,2-3H3;1H/q+1;/p-1. The fraction of sp³-hybridized carbons (Fsp3) is 0.333. The molecule has 0 N–H and O–H groups in total. The second-order valence-electron chi connectivity index (χ2n) is 4.05. The third-order valence-corrected chi connectivity index (χ3v) is 2.08. The van der Waals surface area contributed by atoms with Crippen LogP contribution in [0.25, 0.3) is 0 Å². The minimum absolute atomic E-state index is 0. The van der Waals surface area contributed by atoms with Crippen molar-refractivity contribution >= 4 is 0 Å². The molecule has 78 valence electrons. The molecule has 1 nitrogen and oxygen atoms in total. The van der Waals surface area contributed by atoms with Gasteiger partial charge in [0.15, 0.2) is 0 Å². The first-order valence-electron chi connectivity index (χ1n) is 4.61. The molecule has 0 heterocycles. The summed E-state index contributed by atoms with van der Waals surface area (Å²) in [7, 11) is 4.43. The van der Waals surface area contributed by atoms with Crippen LogP contribution in [0.1, 0.15) is 5.56 Å². The lowest BCUT2D eigenvalue weighted by Gasteiger charge is -2.28. The van der Waals surface area contributed by atoms with E-state index >= 15 is 0 Å². The Labute approximate surface area is 85.6 Å². The van der Waals surface area contributed by atoms with Crippen molar-refractivity contribution in [2.24, 2.45) is 0 Å². The van der Waals surface area contributed by atoms with Gasteiger partial charge in [-0.05, 0) is 6.08 Å². The molecule has 0 saturated carbocycles. The average molecular weight is 195 g/mol. The van der Waals surface area contributed by atoms with Crippen LogP contribution in [0.2, 0.25) is 0 Å². The highest BCUT2D eigenvalue weighted by molar-refractivity contribution is 5.13. The smallest absolute Gasteiger partial charge is 0.104 e. The molecular weight excluding hydrogens is 177 g/mol. The Morgan fingerprint density at radius 2 is 1.79 bits per heavy atom. The minimum Gasteiger partial charge on any atom is -1.00 e. The van der Waals surface area contributed by atoms with E-state index in [1.807, 2.05) is 6.08 Å². The Balaban J connectivity index is 0.00000169. The Morgan fingerprint density at radius 1 is 1.21 bits per heavy atom. The molecule has 0 fully saturated rings. The van der Waals surface area contributed by atoms with Gasteiger partial charge in [0.1, 0.15) is 6.54 Å². The van der Waals surface area contributed by atoms with Crippen molar-refractivity contribution in [3.8, 4) is 0 Å². The van der Waals surface area contributed by atoms with Gasteiger partial charge >= 0.3 is 0 Å². The molecule has 0 radical (unpaired) electrons. The number of halogens is 1. The molecule has 0 bridgehead atoms. The van der Waals surface area contributed by atoms with E-state index in [4.69, 9.17) is 0 Å². The van der Waals surface area contributed by atoms with E-state index in [1.165, 1.54) is 5.56 Å². The van der Waals surface area contributed by atoms with Crippen molar-refractivity contribution < 1.29 is 9.19 Å². The Hall–Kier alpha value is -1.15. The number of rotatable bonds is 4. The second kappa shape index (κ2) is 5.55. The predicted octanol–water partition coefficient (Wildman–Crippen LogP) is -0.547. The zero-order valence-corrected chi connectivity index (χ0v) is 8.91. The molecular formula is C12H18FN. The van der Waals surface area contributed by atoms with E-state index in [1.54, 1.807) is 0 Å². The molecule has 2 heteroatoms. The molecule has 14 heavy (non-hydrogen) atoms. The van der Waals surface area contributed by atoms with E-state index in [2.05, 4.69) is 51.0 Å². The number of nitrogens with zero attached hydrogens (tertiary/aromatic N) is 1. The zero-order valence-electron chi connectivity index (χ0n) is 8.91. The van der Waals surface area contributed by atoms with Gasteiger partial charge in [-0.2, -0.15) is 0 Å². The lowest BCUT2D eigenvalue weighted by molar-refractivity contribution is -0.897. The molecule has 1 aromatic carbocycles. The summed E-state index contributed by atoms with van der Waals surface area (Å²) < 4.78 is 0.966. The third kappa shape index (κ3) is 4.19. The van der Waals surface area contributed by atoms with Crippen LogP contribution in [0.5, 0.6) is 0 Å². The average Bonchev–Trinajstić information content (AvgIpc) is 2.04. The summed E-state index contributed by atoms with van der Waals surface area (Å²) in [5, 5.41) is 0. The van der Waals surface area contributed by atoms with Crippen LogP contribution in [0.3, 0.4) is 0 Å². The summed E-state index contributed by atoms with van der Waals surface area (Å²) in [4.78, 5) is 0. The molecule has 0 aliphatic rings. The van der Waals surface area contributed by atoms with Crippen LogP contribution in [0.4, 0.5) is 0 Å². The van der Waals surface area contributed by atoms with Gasteiger partial charge in [0.05, 0.1) is 20.6 Å². The van der Waals surface area contributed by atoms with Crippen LogP contribution in [-0.4, -0.2) is 25.1 Å². The van der Waals surface area contributed by atoms with Crippen molar-refractivity contribution in [1.82, 2.24) is 0 Å². The molecule has 0 atom stereocenters. The van der Waals surface area contributed by atoms with Gasteiger partial charge in [-0.15, -0.1) is 0 Å². The number of hydrogen-bond acceptors (Lipinski definition) is 0. The quantitative estimate of drug-likeness (QED) is 0.447. The highest BCUT2D eigenvalue weighted by Crippen LogP contribution is 2.08. The van der Waals surface area contributed by atoms with Crippen LogP contribution in [0, 0.1) is 0 Å². The highest BCUT2D eigenvalue weighted by atomic mass is 19.0. The molecule has 0 aromatic heterocycles. The highest BCUT2D eigenvalue weighted by Gasteiger charge is 2.12. The van der Waals surface area contributed by atoms with E-state index in [0.717, 1.165) is 17.6 Å². The van der Waals surface area contributed by atoms with E-state index in [0.29, 0.717) is 0 Å². The predicted molar refractivity (Wildman–Crippen MR) is 57.3 cm³/mol. The van der Waals surface area contributed by atoms with E-state index in [9.17, 15) is 0 Å². The summed E-state index contributed by atoms with van der Waals surface area (Å²) in [6.07, 6.45) is 1.98. The van der Waals surface area contributed by atoms with Gasteiger partial charge in [0.2, 0.25) is 0 Å².